The molecule has 1 aliphatic heterocycles. The molecule has 0 radical (unpaired) electrons. The van der Waals surface area contributed by atoms with E-state index in [4.69, 9.17) is 11.0 Å². The van der Waals surface area contributed by atoms with Gasteiger partial charge in [0.1, 0.15) is 11.1 Å². The summed E-state index contributed by atoms with van der Waals surface area (Å²) in [5, 5.41) is 9.64. The van der Waals surface area contributed by atoms with E-state index in [1.807, 2.05) is 18.7 Å². The first-order valence-electron chi connectivity index (χ1n) is 6.10. The van der Waals surface area contributed by atoms with E-state index in [1.54, 1.807) is 0 Å². The van der Waals surface area contributed by atoms with Crippen molar-refractivity contribution in [3.63, 3.8) is 0 Å². The Bertz CT molecular complexity index is 513. The summed E-state index contributed by atoms with van der Waals surface area (Å²) in [5.41, 5.74) is 7.49. The molecule has 0 atom stereocenters. The molecule has 0 aliphatic carbocycles. The fourth-order valence-corrected chi connectivity index (χ4v) is 3.32. The Morgan fingerprint density at radius 3 is 2.94 bits per heavy atom. The van der Waals surface area contributed by atoms with E-state index in [0.29, 0.717) is 36.0 Å². The van der Waals surface area contributed by atoms with Crippen molar-refractivity contribution in [1.82, 2.24) is 4.90 Å². The highest BCUT2D eigenvalue weighted by Crippen LogP contribution is 2.34. The summed E-state index contributed by atoms with van der Waals surface area (Å²) in [6.07, 6.45) is 1.33. The number of hydrogen-bond donors (Lipinski definition) is 1. The van der Waals surface area contributed by atoms with E-state index in [9.17, 15) is 4.79 Å². The first kappa shape index (κ1) is 12.9. The van der Waals surface area contributed by atoms with E-state index in [0.717, 1.165) is 16.9 Å². The van der Waals surface area contributed by atoms with Gasteiger partial charge in [-0.1, -0.05) is 13.8 Å². The van der Waals surface area contributed by atoms with E-state index in [-0.39, 0.29) is 5.91 Å². The zero-order valence-corrected chi connectivity index (χ0v) is 11.5. The van der Waals surface area contributed by atoms with Gasteiger partial charge in [-0.15, -0.1) is 11.3 Å². The number of nitrogens with two attached hydrogens (primary N) is 1. The maximum atomic E-state index is 12.0. The minimum atomic E-state index is 0.195. The van der Waals surface area contributed by atoms with Gasteiger partial charge in [-0.05, 0) is 17.9 Å². The molecular weight excluding hydrogens is 246 g/mol. The van der Waals surface area contributed by atoms with Crippen LogP contribution in [0.1, 0.15) is 36.3 Å². The van der Waals surface area contributed by atoms with Crippen molar-refractivity contribution in [2.24, 2.45) is 5.92 Å². The maximum Gasteiger partial charge on any atom is 0.223 e. The minimum absolute atomic E-state index is 0.195. The molecule has 1 amide bonds. The normalized spacial score (nSPS) is 14.4. The number of carbonyl (C=O) groups is 1. The molecular formula is C13H17N3OS. The van der Waals surface area contributed by atoms with Crippen molar-refractivity contribution in [3.05, 3.63) is 16.0 Å². The van der Waals surface area contributed by atoms with E-state index in [2.05, 4.69) is 6.07 Å². The van der Waals surface area contributed by atoms with Crippen molar-refractivity contribution in [3.8, 4) is 6.07 Å². The number of nitriles is 1. The number of amides is 1. The highest BCUT2D eigenvalue weighted by molar-refractivity contribution is 7.16. The second kappa shape index (κ2) is 4.99. The molecule has 1 aromatic heterocycles. The van der Waals surface area contributed by atoms with Gasteiger partial charge in [0.15, 0.2) is 0 Å². The number of carbonyl (C=O) groups excluding carboxylic acids is 1. The van der Waals surface area contributed by atoms with Gasteiger partial charge in [-0.2, -0.15) is 5.26 Å². The van der Waals surface area contributed by atoms with Gasteiger partial charge in [0.25, 0.3) is 0 Å². The number of anilines is 1. The Morgan fingerprint density at radius 1 is 1.61 bits per heavy atom. The molecule has 96 valence electrons. The molecule has 0 aromatic carbocycles. The molecule has 2 rings (SSSR count). The first-order valence-corrected chi connectivity index (χ1v) is 6.92. The van der Waals surface area contributed by atoms with Crippen LogP contribution in [0.15, 0.2) is 0 Å². The van der Waals surface area contributed by atoms with Crippen LogP contribution in [0.25, 0.3) is 0 Å². The topological polar surface area (TPSA) is 70.1 Å². The summed E-state index contributed by atoms with van der Waals surface area (Å²) < 4.78 is 0. The van der Waals surface area contributed by atoms with Gasteiger partial charge in [0.2, 0.25) is 5.91 Å². The summed E-state index contributed by atoms with van der Waals surface area (Å²) >= 11 is 1.44. The van der Waals surface area contributed by atoms with Gasteiger partial charge in [-0.25, -0.2) is 0 Å². The molecule has 5 heteroatoms. The Kier molecular flexibility index (Phi) is 3.58. The third-order valence-electron chi connectivity index (χ3n) is 3.13. The summed E-state index contributed by atoms with van der Waals surface area (Å²) in [6.45, 7) is 5.40. The van der Waals surface area contributed by atoms with Crippen molar-refractivity contribution >= 4 is 22.2 Å². The molecule has 4 nitrogen and oxygen atoms in total. The van der Waals surface area contributed by atoms with Gasteiger partial charge < -0.3 is 10.6 Å². The SMILES string of the molecule is CC(C)CC(=O)N1CCc2c(sc(N)c2C#N)C1. The molecule has 0 bridgehead atoms. The number of thiophene rings is 1. The first-order chi connectivity index (χ1) is 8.52. The monoisotopic (exact) mass is 263 g/mol. The lowest BCUT2D eigenvalue weighted by Gasteiger charge is -2.27. The number of nitrogens with zero attached hydrogens (tertiary/aromatic N) is 2. The smallest absolute Gasteiger partial charge is 0.223 e. The van der Waals surface area contributed by atoms with Crippen LogP contribution in [0.4, 0.5) is 5.00 Å². The quantitative estimate of drug-likeness (QED) is 0.888. The third-order valence-corrected chi connectivity index (χ3v) is 4.18. The van der Waals surface area contributed by atoms with Crippen LogP contribution in [0.3, 0.4) is 0 Å². The average Bonchev–Trinajstić information content (AvgIpc) is 2.62. The third kappa shape index (κ3) is 2.34. The highest BCUT2D eigenvalue weighted by Gasteiger charge is 2.26. The fraction of sp³-hybridized carbons (Fsp3) is 0.538. The fourth-order valence-electron chi connectivity index (χ4n) is 2.24. The Balaban J connectivity index is 2.16. The van der Waals surface area contributed by atoms with Crippen LogP contribution in [-0.2, 0) is 17.8 Å². The summed E-state index contributed by atoms with van der Waals surface area (Å²) in [7, 11) is 0. The van der Waals surface area contributed by atoms with E-state index < -0.39 is 0 Å². The van der Waals surface area contributed by atoms with Crippen LogP contribution in [0, 0.1) is 17.2 Å². The molecule has 18 heavy (non-hydrogen) atoms. The lowest BCUT2D eigenvalue weighted by molar-refractivity contribution is -0.132. The molecule has 2 heterocycles. The predicted molar refractivity (Wildman–Crippen MR) is 72.0 cm³/mol. The average molecular weight is 263 g/mol. The van der Waals surface area contributed by atoms with Crippen LogP contribution < -0.4 is 5.73 Å². The van der Waals surface area contributed by atoms with E-state index in [1.165, 1.54) is 11.3 Å². The summed E-state index contributed by atoms with van der Waals surface area (Å²) in [4.78, 5) is 15.0. The maximum absolute atomic E-state index is 12.0. The molecule has 0 saturated heterocycles. The molecule has 1 aromatic rings. The zero-order valence-electron chi connectivity index (χ0n) is 10.7. The van der Waals surface area contributed by atoms with Gasteiger partial charge in [0, 0.05) is 17.8 Å². The second-order valence-corrected chi connectivity index (χ2v) is 6.15. The second-order valence-electron chi connectivity index (χ2n) is 5.02. The van der Waals surface area contributed by atoms with Crippen LogP contribution in [0.2, 0.25) is 0 Å². The van der Waals surface area contributed by atoms with Gasteiger partial charge >= 0.3 is 0 Å². The number of rotatable bonds is 2. The standard InChI is InChI=1S/C13H17N3OS/c1-8(2)5-12(17)16-4-3-9-10(6-14)13(15)18-11(9)7-16/h8H,3-5,7,15H2,1-2H3. The molecule has 0 fully saturated rings. The number of hydrogen-bond acceptors (Lipinski definition) is 4. The van der Waals surface area contributed by atoms with Crippen LogP contribution in [0.5, 0.6) is 0 Å². The van der Waals surface area contributed by atoms with Crippen molar-refractivity contribution in [2.75, 3.05) is 12.3 Å². The van der Waals surface area contributed by atoms with Crippen molar-refractivity contribution in [2.45, 2.75) is 33.2 Å². The Morgan fingerprint density at radius 2 is 2.33 bits per heavy atom. The summed E-state index contributed by atoms with van der Waals surface area (Å²) in [5.74, 6) is 0.572. The van der Waals surface area contributed by atoms with Gasteiger partial charge in [-0.3, -0.25) is 4.79 Å². The molecule has 1 aliphatic rings. The Labute approximate surface area is 111 Å². The zero-order chi connectivity index (χ0) is 13.3. The Hall–Kier alpha value is -1.54. The number of nitrogen functional groups attached to an aromatic ring is 1. The summed E-state index contributed by atoms with van der Waals surface area (Å²) in [6, 6.07) is 2.16. The molecule has 0 saturated carbocycles. The molecule has 0 unspecified atom stereocenters. The van der Waals surface area contributed by atoms with E-state index >= 15 is 0 Å². The molecule has 2 N–H and O–H groups in total. The highest BCUT2D eigenvalue weighted by atomic mass is 32.1. The predicted octanol–water partition coefficient (Wildman–Crippen LogP) is 2.13. The van der Waals surface area contributed by atoms with Crippen LogP contribution >= 0.6 is 11.3 Å². The lowest BCUT2D eigenvalue weighted by Crippen LogP contribution is -2.36. The molecule has 0 spiro atoms. The van der Waals surface area contributed by atoms with Crippen molar-refractivity contribution in [1.29, 1.82) is 5.26 Å². The largest absolute Gasteiger partial charge is 0.389 e. The van der Waals surface area contributed by atoms with Crippen molar-refractivity contribution < 1.29 is 4.79 Å². The minimum Gasteiger partial charge on any atom is -0.389 e. The van der Waals surface area contributed by atoms with Crippen LogP contribution in [-0.4, -0.2) is 17.4 Å². The van der Waals surface area contributed by atoms with Gasteiger partial charge in [0.05, 0.1) is 12.1 Å². The lowest BCUT2D eigenvalue weighted by atomic mass is 10.0. The number of fused-ring (bicyclic) bond motifs is 1.